The molecule has 0 aliphatic heterocycles. The number of nitrogens with zero attached hydrogens (tertiary/aromatic N) is 2. The lowest BCUT2D eigenvalue weighted by Gasteiger charge is -2.09. The molecule has 0 amide bonds. The van der Waals surface area contributed by atoms with Gasteiger partial charge in [-0.3, -0.25) is 0 Å². The number of hydrogen-bond donors (Lipinski definition) is 3. The first-order valence-corrected chi connectivity index (χ1v) is 7.46. The minimum Gasteiger partial charge on any atom is -0.508 e. The molecule has 0 unspecified atom stereocenters. The van der Waals surface area contributed by atoms with Crippen molar-refractivity contribution in [2.45, 2.75) is 6.92 Å². The summed E-state index contributed by atoms with van der Waals surface area (Å²) in [5.74, 6) is 0.254. The van der Waals surface area contributed by atoms with Gasteiger partial charge in [-0.25, -0.2) is 5.10 Å². The largest absolute Gasteiger partial charge is 0.508 e. The highest BCUT2D eigenvalue weighted by molar-refractivity contribution is 6.07. The maximum Gasteiger partial charge on any atom is 0.353 e. The minimum atomic E-state index is 0.254. The van der Waals surface area contributed by atoms with Crippen LogP contribution in [-0.2, 0) is 7.05 Å². The number of fused-ring (bicyclic) bond motifs is 2. The van der Waals surface area contributed by atoms with Crippen LogP contribution in [0, 0.1) is 6.92 Å². The summed E-state index contributed by atoms with van der Waals surface area (Å²) in [5.41, 5.74) is 4.84. The van der Waals surface area contributed by atoms with E-state index in [1.165, 1.54) is 0 Å². The Morgan fingerprint density at radius 3 is 2.61 bits per heavy atom. The van der Waals surface area contributed by atoms with E-state index in [0.29, 0.717) is 0 Å². The van der Waals surface area contributed by atoms with Gasteiger partial charge in [-0.05, 0) is 48.3 Å². The van der Waals surface area contributed by atoms with Crippen LogP contribution in [-0.4, -0.2) is 15.2 Å². The summed E-state index contributed by atoms with van der Waals surface area (Å²) in [7, 11) is 1.96. The molecule has 23 heavy (non-hydrogen) atoms. The molecule has 0 aliphatic carbocycles. The van der Waals surface area contributed by atoms with E-state index >= 15 is 0 Å². The Kier molecular flexibility index (Phi) is 2.94. The number of rotatable bonds is 2. The molecule has 0 aliphatic rings. The zero-order chi connectivity index (χ0) is 16.0. The molecule has 5 nitrogen and oxygen atoms in total. The number of benzene rings is 2. The number of aryl methyl sites for hydroxylation is 2. The van der Waals surface area contributed by atoms with Gasteiger partial charge in [0, 0.05) is 5.69 Å². The number of phenols is 1. The number of hydrogen-bond acceptors (Lipinski definition) is 3. The molecule has 114 valence electrons. The Labute approximate surface area is 133 Å². The lowest BCUT2D eigenvalue weighted by atomic mass is 10.1. The maximum atomic E-state index is 9.47. The zero-order valence-electron chi connectivity index (χ0n) is 13.0. The van der Waals surface area contributed by atoms with E-state index in [9.17, 15) is 5.11 Å². The third-order valence-corrected chi connectivity index (χ3v) is 4.04. The standard InChI is InChI=1S/C18H16N4O/c1-11-16-17(19-12-7-9-13(23)10-8-12)14-5-3-4-6-15(14)20-18(16)22(2)21-11/h3-10H,1-2H3,(H2,19,20,21,23)/p+1. The predicted molar refractivity (Wildman–Crippen MR) is 90.9 cm³/mol. The van der Waals surface area contributed by atoms with Crippen LogP contribution in [0.2, 0.25) is 0 Å². The number of aromatic nitrogens is 3. The van der Waals surface area contributed by atoms with Crippen LogP contribution in [0.5, 0.6) is 5.75 Å². The molecule has 0 atom stereocenters. The van der Waals surface area contributed by atoms with Crippen molar-refractivity contribution in [2.75, 3.05) is 5.32 Å². The molecule has 5 heteroatoms. The third kappa shape index (κ3) is 2.17. The second kappa shape index (κ2) is 4.98. The number of pyridine rings is 1. The smallest absolute Gasteiger partial charge is 0.353 e. The van der Waals surface area contributed by atoms with Crippen LogP contribution in [0.15, 0.2) is 48.5 Å². The summed E-state index contributed by atoms with van der Waals surface area (Å²) < 4.78 is 1.93. The van der Waals surface area contributed by atoms with E-state index < -0.39 is 0 Å². The van der Waals surface area contributed by atoms with Gasteiger partial charge in [0.05, 0.1) is 16.8 Å². The highest BCUT2D eigenvalue weighted by Crippen LogP contribution is 2.33. The van der Waals surface area contributed by atoms with E-state index in [1.54, 1.807) is 12.1 Å². The highest BCUT2D eigenvalue weighted by Gasteiger charge is 2.21. The van der Waals surface area contributed by atoms with Crippen LogP contribution in [0.25, 0.3) is 21.9 Å². The number of H-pyrrole nitrogens is 1. The molecule has 2 aromatic heterocycles. The molecular weight excluding hydrogens is 288 g/mol. The van der Waals surface area contributed by atoms with Crippen molar-refractivity contribution in [2.24, 2.45) is 7.05 Å². The Morgan fingerprint density at radius 2 is 1.83 bits per heavy atom. The van der Waals surface area contributed by atoms with Gasteiger partial charge in [0.2, 0.25) is 0 Å². The van der Waals surface area contributed by atoms with Crippen molar-refractivity contribution >= 4 is 33.3 Å². The quantitative estimate of drug-likeness (QED) is 0.393. The van der Waals surface area contributed by atoms with Crippen LogP contribution in [0.1, 0.15) is 5.69 Å². The molecule has 0 saturated carbocycles. The number of aromatic amines is 1. The topological polar surface area (TPSA) is 64.8 Å². The molecular formula is C18H17N4O+. The van der Waals surface area contributed by atoms with Crippen molar-refractivity contribution in [1.29, 1.82) is 0 Å². The Bertz CT molecular complexity index is 1020. The van der Waals surface area contributed by atoms with Gasteiger partial charge in [0.1, 0.15) is 18.2 Å². The second-order valence-electron chi connectivity index (χ2n) is 5.67. The van der Waals surface area contributed by atoms with Crippen LogP contribution < -0.4 is 10.00 Å². The molecule has 4 aromatic rings. The fourth-order valence-corrected chi connectivity index (χ4v) is 2.98. The normalized spacial score (nSPS) is 11.2. The van der Waals surface area contributed by atoms with Crippen molar-refractivity contribution in [3.63, 3.8) is 0 Å². The lowest BCUT2D eigenvalue weighted by Crippen LogP contribution is -2.30. The first kappa shape index (κ1) is 13.6. The van der Waals surface area contributed by atoms with E-state index in [0.717, 1.165) is 39.0 Å². The van der Waals surface area contributed by atoms with E-state index in [1.807, 2.05) is 49.0 Å². The van der Waals surface area contributed by atoms with Gasteiger partial charge >= 0.3 is 5.65 Å². The van der Waals surface area contributed by atoms with Gasteiger partial charge in [-0.15, -0.1) is 0 Å². The molecule has 0 fully saturated rings. The third-order valence-electron chi connectivity index (χ3n) is 4.04. The Balaban J connectivity index is 2.02. The zero-order valence-corrected chi connectivity index (χ0v) is 13.0. The lowest BCUT2D eigenvalue weighted by molar-refractivity contribution is -0.704. The summed E-state index contributed by atoms with van der Waals surface area (Å²) in [6.07, 6.45) is 0. The molecule has 3 N–H and O–H groups in total. The summed E-state index contributed by atoms with van der Waals surface area (Å²) in [6.45, 7) is 2.04. The molecule has 2 heterocycles. The molecule has 0 saturated heterocycles. The number of para-hydroxylation sites is 1. The van der Waals surface area contributed by atoms with Crippen LogP contribution in [0.4, 0.5) is 11.4 Å². The van der Waals surface area contributed by atoms with Crippen LogP contribution in [0.3, 0.4) is 0 Å². The number of aromatic hydroxyl groups is 1. The molecule has 2 aromatic carbocycles. The maximum absolute atomic E-state index is 9.47. The van der Waals surface area contributed by atoms with Gasteiger partial charge < -0.3 is 10.4 Å². The average Bonchev–Trinajstić information content (AvgIpc) is 2.83. The molecule has 0 bridgehead atoms. The highest BCUT2D eigenvalue weighted by atomic mass is 16.3. The number of nitrogens with one attached hydrogen (secondary N) is 2. The predicted octanol–water partition coefficient (Wildman–Crippen LogP) is 3.30. The van der Waals surface area contributed by atoms with Gasteiger partial charge in [-0.2, -0.15) is 4.68 Å². The average molecular weight is 305 g/mol. The second-order valence-corrected chi connectivity index (χ2v) is 5.67. The van der Waals surface area contributed by atoms with Crippen LogP contribution >= 0.6 is 0 Å². The van der Waals surface area contributed by atoms with Crippen molar-refractivity contribution in [3.05, 3.63) is 54.2 Å². The first-order chi connectivity index (χ1) is 11.1. The summed E-state index contributed by atoms with van der Waals surface area (Å²) >= 11 is 0. The van der Waals surface area contributed by atoms with E-state index in [-0.39, 0.29) is 5.75 Å². The molecule has 4 rings (SSSR count). The van der Waals surface area contributed by atoms with Gasteiger partial charge in [0.15, 0.2) is 5.52 Å². The molecule has 0 radical (unpaired) electrons. The van der Waals surface area contributed by atoms with Crippen molar-refractivity contribution in [3.8, 4) is 5.75 Å². The fraction of sp³-hybridized carbons (Fsp3) is 0.111. The molecule has 0 spiro atoms. The minimum absolute atomic E-state index is 0.254. The first-order valence-electron chi connectivity index (χ1n) is 7.46. The Hall–Kier alpha value is -3.08. The summed E-state index contributed by atoms with van der Waals surface area (Å²) in [5, 5.41) is 18.4. The Morgan fingerprint density at radius 1 is 1.09 bits per heavy atom. The monoisotopic (exact) mass is 305 g/mol. The number of anilines is 2. The summed E-state index contributed by atoms with van der Waals surface area (Å²) in [4.78, 5) is 4.77. The van der Waals surface area contributed by atoms with Crippen molar-refractivity contribution < 1.29 is 9.79 Å². The summed E-state index contributed by atoms with van der Waals surface area (Å²) in [6, 6.07) is 15.2. The van der Waals surface area contributed by atoms with E-state index in [4.69, 9.17) is 4.98 Å². The SMILES string of the molecule is Cc1[nH][n+](C)c2nc3ccccc3c(Nc3ccc(O)cc3)c12. The van der Waals surface area contributed by atoms with E-state index in [2.05, 4.69) is 16.5 Å². The fourth-order valence-electron chi connectivity index (χ4n) is 2.98. The number of phenolic OH excluding ortho intramolecular Hbond substituents is 1. The van der Waals surface area contributed by atoms with Gasteiger partial charge in [0.25, 0.3) is 0 Å². The van der Waals surface area contributed by atoms with Gasteiger partial charge in [-0.1, -0.05) is 12.1 Å². The van der Waals surface area contributed by atoms with Crippen molar-refractivity contribution in [1.82, 2.24) is 10.1 Å².